The number of carbonyl (C=O) groups is 3. The minimum atomic E-state index is -1.35. The molecular formula is C19H25N5O5. The fourth-order valence-corrected chi connectivity index (χ4v) is 2.70. The van der Waals surface area contributed by atoms with Gasteiger partial charge in [0, 0.05) is 18.3 Å². The summed E-state index contributed by atoms with van der Waals surface area (Å²) in [5, 5.41) is 24.0. The number of rotatable bonds is 10. The Balaban J connectivity index is 2.00. The van der Waals surface area contributed by atoms with Crippen LogP contribution in [0, 0.1) is 0 Å². The van der Waals surface area contributed by atoms with Crippen molar-refractivity contribution in [1.29, 1.82) is 0 Å². The Labute approximate surface area is 167 Å². The number of aliphatic carboxylic acids is 1. The molecule has 1 aromatic carbocycles. The van der Waals surface area contributed by atoms with Crippen LogP contribution in [-0.2, 0) is 27.2 Å². The second-order valence-corrected chi connectivity index (χ2v) is 6.70. The fraction of sp³-hybridized carbons (Fsp3) is 0.368. The maximum atomic E-state index is 12.5. The van der Waals surface area contributed by atoms with Gasteiger partial charge in [-0.1, -0.05) is 30.3 Å². The molecule has 1 aromatic heterocycles. The van der Waals surface area contributed by atoms with Crippen LogP contribution >= 0.6 is 0 Å². The number of nitrogens with one attached hydrogen (secondary N) is 3. The molecule has 0 fully saturated rings. The molecule has 0 aliphatic heterocycles. The Kier molecular flexibility index (Phi) is 7.87. The summed E-state index contributed by atoms with van der Waals surface area (Å²) >= 11 is 0. The van der Waals surface area contributed by atoms with E-state index in [1.54, 1.807) is 0 Å². The van der Waals surface area contributed by atoms with Crippen LogP contribution in [0.2, 0.25) is 0 Å². The van der Waals surface area contributed by atoms with Gasteiger partial charge in [0.2, 0.25) is 11.8 Å². The molecule has 0 saturated carbocycles. The number of carboxylic acids is 1. The number of H-pyrrole nitrogens is 1. The lowest BCUT2D eigenvalue weighted by atomic mass is 10.0. The standard InChI is InChI=1S/C19H25N5O5/c1-11(25)16(24-17(26)14(20)7-12-5-3-2-4-6-12)18(27)23-15(19(28)29)8-13-9-21-10-22-13/h2-6,9-11,14-16,25H,7-8,20H2,1H3,(H,21,22)(H,23,27)(H,24,26)(H,28,29)/t11-,14+,15+,16+/m1/s1. The van der Waals surface area contributed by atoms with Gasteiger partial charge < -0.3 is 31.6 Å². The summed E-state index contributed by atoms with van der Waals surface area (Å²) in [7, 11) is 0. The highest BCUT2D eigenvalue weighted by Crippen LogP contribution is 2.04. The summed E-state index contributed by atoms with van der Waals surface area (Å²) < 4.78 is 0. The zero-order valence-electron chi connectivity index (χ0n) is 15.9. The molecule has 2 rings (SSSR count). The highest BCUT2D eigenvalue weighted by atomic mass is 16.4. The number of aliphatic hydroxyl groups is 1. The van der Waals surface area contributed by atoms with Gasteiger partial charge in [-0.3, -0.25) is 9.59 Å². The van der Waals surface area contributed by atoms with Gasteiger partial charge in [-0.25, -0.2) is 9.78 Å². The van der Waals surface area contributed by atoms with E-state index in [-0.39, 0.29) is 12.8 Å². The topological polar surface area (TPSA) is 170 Å². The van der Waals surface area contributed by atoms with Gasteiger partial charge in [0.05, 0.1) is 18.5 Å². The van der Waals surface area contributed by atoms with Crippen molar-refractivity contribution in [2.45, 2.75) is 44.0 Å². The van der Waals surface area contributed by atoms with Gasteiger partial charge in [-0.05, 0) is 18.9 Å². The van der Waals surface area contributed by atoms with Gasteiger partial charge in [-0.2, -0.15) is 0 Å². The van der Waals surface area contributed by atoms with Crippen molar-refractivity contribution in [2.24, 2.45) is 5.73 Å². The molecule has 0 spiro atoms. The molecule has 2 amide bonds. The third-order valence-electron chi connectivity index (χ3n) is 4.29. The molecule has 10 heteroatoms. The Hall–Kier alpha value is -3.24. The molecule has 4 atom stereocenters. The lowest BCUT2D eigenvalue weighted by Gasteiger charge is -2.24. The summed E-state index contributed by atoms with van der Waals surface area (Å²) in [6.45, 7) is 1.32. The van der Waals surface area contributed by atoms with Crippen molar-refractivity contribution in [1.82, 2.24) is 20.6 Å². The number of hydrogen-bond acceptors (Lipinski definition) is 6. The van der Waals surface area contributed by atoms with Gasteiger partial charge >= 0.3 is 5.97 Å². The van der Waals surface area contributed by atoms with E-state index in [1.165, 1.54) is 19.4 Å². The number of amides is 2. The zero-order valence-corrected chi connectivity index (χ0v) is 15.9. The minimum absolute atomic E-state index is 0.0327. The van der Waals surface area contributed by atoms with Crippen molar-refractivity contribution >= 4 is 17.8 Å². The number of nitrogens with two attached hydrogens (primary N) is 1. The second-order valence-electron chi connectivity index (χ2n) is 6.70. The molecule has 10 nitrogen and oxygen atoms in total. The molecule has 1 heterocycles. The highest BCUT2D eigenvalue weighted by Gasteiger charge is 2.31. The predicted molar refractivity (Wildman–Crippen MR) is 104 cm³/mol. The first-order chi connectivity index (χ1) is 13.8. The van der Waals surface area contributed by atoms with Crippen molar-refractivity contribution < 1.29 is 24.6 Å². The number of carbonyl (C=O) groups excluding carboxylic acids is 2. The number of benzene rings is 1. The van der Waals surface area contributed by atoms with Crippen LogP contribution in [0.4, 0.5) is 0 Å². The van der Waals surface area contributed by atoms with Crippen LogP contribution in [0.3, 0.4) is 0 Å². The van der Waals surface area contributed by atoms with E-state index in [4.69, 9.17) is 5.73 Å². The number of nitrogens with zero attached hydrogens (tertiary/aromatic N) is 1. The van der Waals surface area contributed by atoms with E-state index < -0.39 is 42.0 Å². The van der Waals surface area contributed by atoms with E-state index in [9.17, 15) is 24.6 Å². The van der Waals surface area contributed by atoms with Gasteiger partial charge in [-0.15, -0.1) is 0 Å². The van der Waals surface area contributed by atoms with Crippen LogP contribution in [0.15, 0.2) is 42.9 Å². The molecule has 0 aliphatic rings. The number of carboxylic acid groups (broad SMARTS) is 1. The summed E-state index contributed by atoms with van der Waals surface area (Å²) in [4.78, 5) is 42.9. The predicted octanol–water partition coefficient (Wildman–Crippen LogP) is -1.04. The van der Waals surface area contributed by atoms with Gasteiger partial charge in [0.1, 0.15) is 12.1 Å². The van der Waals surface area contributed by atoms with Crippen molar-refractivity contribution in [3.63, 3.8) is 0 Å². The fourth-order valence-electron chi connectivity index (χ4n) is 2.70. The largest absolute Gasteiger partial charge is 0.480 e. The lowest BCUT2D eigenvalue weighted by Crippen LogP contribution is -2.58. The quantitative estimate of drug-likeness (QED) is 0.294. The van der Waals surface area contributed by atoms with E-state index in [2.05, 4.69) is 20.6 Å². The maximum absolute atomic E-state index is 12.5. The summed E-state index contributed by atoms with van der Waals surface area (Å²) in [6.07, 6.45) is 1.79. The molecule has 29 heavy (non-hydrogen) atoms. The average Bonchev–Trinajstić information content (AvgIpc) is 3.18. The zero-order chi connectivity index (χ0) is 21.4. The van der Waals surface area contributed by atoms with Crippen LogP contribution in [-0.4, -0.2) is 62.2 Å². The minimum Gasteiger partial charge on any atom is -0.480 e. The summed E-state index contributed by atoms with van der Waals surface area (Å²) in [5.41, 5.74) is 7.27. The van der Waals surface area contributed by atoms with E-state index in [0.717, 1.165) is 5.56 Å². The Bertz CT molecular complexity index is 810. The Morgan fingerprint density at radius 1 is 1.14 bits per heavy atom. The van der Waals surface area contributed by atoms with Crippen molar-refractivity contribution in [3.05, 3.63) is 54.1 Å². The normalized spacial score (nSPS) is 15.0. The van der Waals surface area contributed by atoms with Gasteiger partial charge in [0.25, 0.3) is 0 Å². The first-order valence-electron chi connectivity index (χ1n) is 9.06. The average molecular weight is 403 g/mol. The molecule has 0 aliphatic carbocycles. The SMILES string of the molecule is C[C@@H](O)[C@H](NC(=O)[C@@H](N)Cc1ccccc1)C(=O)N[C@@H](Cc1cnc[nH]1)C(=O)O. The van der Waals surface area contributed by atoms with Gasteiger partial charge in [0.15, 0.2) is 0 Å². The van der Waals surface area contributed by atoms with Crippen molar-refractivity contribution in [2.75, 3.05) is 0 Å². The highest BCUT2D eigenvalue weighted by molar-refractivity contribution is 5.92. The second kappa shape index (κ2) is 10.3. The van der Waals surface area contributed by atoms with E-state index in [0.29, 0.717) is 5.69 Å². The number of aromatic amines is 1. The molecule has 0 saturated heterocycles. The maximum Gasteiger partial charge on any atom is 0.326 e. The molecule has 2 aromatic rings. The van der Waals surface area contributed by atoms with Crippen molar-refractivity contribution in [3.8, 4) is 0 Å². The van der Waals surface area contributed by atoms with Crippen LogP contribution in [0.5, 0.6) is 0 Å². The molecule has 0 unspecified atom stereocenters. The van der Waals surface area contributed by atoms with Crippen LogP contribution < -0.4 is 16.4 Å². The first kappa shape index (κ1) is 22.1. The Morgan fingerprint density at radius 2 is 1.83 bits per heavy atom. The summed E-state index contributed by atoms with van der Waals surface area (Å²) in [6, 6.07) is 5.55. The molecule has 0 radical (unpaired) electrons. The van der Waals surface area contributed by atoms with E-state index in [1.807, 2.05) is 30.3 Å². The number of aromatic nitrogens is 2. The first-order valence-corrected chi connectivity index (χ1v) is 9.06. The number of hydrogen-bond donors (Lipinski definition) is 6. The molecule has 0 bridgehead atoms. The Morgan fingerprint density at radius 3 is 2.38 bits per heavy atom. The molecular weight excluding hydrogens is 378 g/mol. The van der Waals surface area contributed by atoms with E-state index >= 15 is 0 Å². The van der Waals surface area contributed by atoms with Crippen LogP contribution in [0.1, 0.15) is 18.2 Å². The monoisotopic (exact) mass is 403 g/mol. The molecule has 156 valence electrons. The third-order valence-corrected chi connectivity index (χ3v) is 4.29. The lowest BCUT2D eigenvalue weighted by molar-refractivity contribution is -0.142. The molecule has 7 N–H and O–H groups in total. The summed E-state index contributed by atoms with van der Waals surface area (Å²) in [5.74, 6) is -2.72. The number of aliphatic hydroxyl groups excluding tert-OH is 1. The van der Waals surface area contributed by atoms with Crippen LogP contribution in [0.25, 0.3) is 0 Å². The number of imidazole rings is 1. The third kappa shape index (κ3) is 6.70. The smallest absolute Gasteiger partial charge is 0.326 e.